The minimum Gasteiger partial charge on any atom is -0.481 e. The first kappa shape index (κ1) is 16.9. The van der Waals surface area contributed by atoms with Crippen molar-refractivity contribution in [2.45, 2.75) is 6.92 Å². The van der Waals surface area contributed by atoms with Gasteiger partial charge in [0.15, 0.2) is 18.2 Å². The number of aryl methyl sites for hydroxylation is 1. The van der Waals surface area contributed by atoms with Gasteiger partial charge in [-0.1, -0.05) is 15.9 Å². The van der Waals surface area contributed by atoms with Gasteiger partial charge in [-0.25, -0.2) is 4.39 Å². The van der Waals surface area contributed by atoms with Crippen molar-refractivity contribution in [2.24, 2.45) is 0 Å². The topological polar surface area (TPSA) is 81.5 Å². The van der Waals surface area contributed by atoms with Crippen molar-refractivity contribution < 1.29 is 18.8 Å². The molecular formula is C15H12BrFN2O4. The number of amides is 1. The number of rotatable bonds is 5. The van der Waals surface area contributed by atoms with Crippen LogP contribution in [0.1, 0.15) is 5.56 Å². The minimum absolute atomic E-state index is 0.0382. The number of hydrogen-bond acceptors (Lipinski definition) is 4. The predicted octanol–water partition coefficient (Wildman–Crippen LogP) is 3.82. The molecule has 0 aliphatic carbocycles. The van der Waals surface area contributed by atoms with Gasteiger partial charge in [-0.15, -0.1) is 0 Å². The molecule has 0 saturated carbocycles. The van der Waals surface area contributed by atoms with Crippen molar-refractivity contribution >= 4 is 33.2 Å². The van der Waals surface area contributed by atoms with Gasteiger partial charge in [-0.2, -0.15) is 0 Å². The van der Waals surface area contributed by atoms with Crippen molar-refractivity contribution in [2.75, 3.05) is 11.9 Å². The van der Waals surface area contributed by atoms with Gasteiger partial charge in [0.2, 0.25) is 0 Å². The zero-order valence-corrected chi connectivity index (χ0v) is 13.6. The number of nitro groups is 1. The molecule has 1 amide bonds. The van der Waals surface area contributed by atoms with Crippen LogP contribution >= 0.6 is 15.9 Å². The van der Waals surface area contributed by atoms with E-state index in [2.05, 4.69) is 21.2 Å². The van der Waals surface area contributed by atoms with E-state index < -0.39 is 16.6 Å². The van der Waals surface area contributed by atoms with Crippen LogP contribution in [0.4, 0.5) is 15.8 Å². The number of nitrogens with zero attached hydrogens (tertiary/aromatic N) is 1. The van der Waals surface area contributed by atoms with Gasteiger partial charge >= 0.3 is 0 Å². The summed E-state index contributed by atoms with van der Waals surface area (Å²) in [6, 6.07) is 8.31. The number of carbonyl (C=O) groups excluding carboxylic acids is 1. The van der Waals surface area contributed by atoms with Gasteiger partial charge in [0, 0.05) is 22.3 Å². The van der Waals surface area contributed by atoms with E-state index in [-0.39, 0.29) is 18.0 Å². The second kappa shape index (κ2) is 7.19. The third-order valence-electron chi connectivity index (χ3n) is 2.95. The van der Waals surface area contributed by atoms with E-state index in [0.29, 0.717) is 15.7 Å². The molecule has 8 heteroatoms. The van der Waals surface area contributed by atoms with E-state index in [0.717, 1.165) is 0 Å². The van der Waals surface area contributed by atoms with E-state index in [9.17, 15) is 19.3 Å². The van der Waals surface area contributed by atoms with Gasteiger partial charge in [0.1, 0.15) is 0 Å². The maximum Gasteiger partial charge on any atom is 0.269 e. The van der Waals surface area contributed by atoms with Crippen LogP contribution in [0.5, 0.6) is 5.75 Å². The highest BCUT2D eigenvalue weighted by atomic mass is 79.9. The Morgan fingerprint density at radius 1 is 1.35 bits per heavy atom. The molecule has 0 heterocycles. The number of non-ortho nitro benzene ring substituents is 1. The van der Waals surface area contributed by atoms with Crippen LogP contribution in [0.3, 0.4) is 0 Å². The highest BCUT2D eigenvalue weighted by Gasteiger charge is 2.11. The van der Waals surface area contributed by atoms with E-state index in [1.807, 2.05) is 0 Å². The maximum absolute atomic E-state index is 13.6. The molecule has 2 rings (SSSR count). The van der Waals surface area contributed by atoms with E-state index in [4.69, 9.17) is 4.74 Å². The van der Waals surface area contributed by atoms with Crippen molar-refractivity contribution in [3.8, 4) is 5.75 Å². The summed E-state index contributed by atoms with van der Waals surface area (Å²) >= 11 is 3.12. The smallest absolute Gasteiger partial charge is 0.269 e. The van der Waals surface area contributed by atoms with Crippen LogP contribution in [-0.4, -0.2) is 17.4 Å². The summed E-state index contributed by atoms with van der Waals surface area (Å²) in [5.41, 5.74) is 0.913. The zero-order chi connectivity index (χ0) is 17.0. The Bertz CT molecular complexity index is 767. The zero-order valence-electron chi connectivity index (χ0n) is 12.0. The molecule has 0 radical (unpaired) electrons. The summed E-state index contributed by atoms with van der Waals surface area (Å²) in [5.74, 6) is -1.12. The average molecular weight is 383 g/mol. The molecule has 0 aliphatic rings. The Morgan fingerprint density at radius 3 is 2.70 bits per heavy atom. The quantitative estimate of drug-likeness (QED) is 0.629. The lowest BCUT2D eigenvalue weighted by Crippen LogP contribution is -2.21. The Kier molecular flexibility index (Phi) is 5.28. The van der Waals surface area contributed by atoms with Gasteiger partial charge in [0.05, 0.1) is 4.92 Å². The summed E-state index contributed by atoms with van der Waals surface area (Å²) in [6.45, 7) is 1.26. The number of nitro benzene ring substituents is 1. The fraction of sp³-hybridized carbons (Fsp3) is 0.133. The molecule has 2 aromatic carbocycles. The maximum atomic E-state index is 13.6. The van der Waals surface area contributed by atoms with Gasteiger partial charge < -0.3 is 10.1 Å². The van der Waals surface area contributed by atoms with Gasteiger partial charge in [-0.05, 0) is 36.8 Å². The Hall–Kier alpha value is -2.48. The fourth-order valence-electron chi connectivity index (χ4n) is 1.82. The van der Waals surface area contributed by atoms with Crippen LogP contribution < -0.4 is 10.1 Å². The highest BCUT2D eigenvalue weighted by molar-refractivity contribution is 9.10. The molecule has 2 aromatic rings. The average Bonchev–Trinajstić information content (AvgIpc) is 2.48. The number of nitrogens with one attached hydrogen (secondary N) is 1. The molecule has 0 saturated heterocycles. The SMILES string of the molecule is Cc1cc([N+](=O)[O-])ccc1NC(=O)COc1ccc(Br)cc1F. The lowest BCUT2D eigenvalue weighted by atomic mass is 10.2. The summed E-state index contributed by atoms with van der Waals surface area (Å²) in [7, 11) is 0. The minimum atomic E-state index is -0.585. The second-order valence-corrected chi connectivity index (χ2v) is 5.58. The first-order valence-electron chi connectivity index (χ1n) is 6.49. The Balaban J connectivity index is 1.98. The first-order valence-corrected chi connectivity index (χ1v) is 7.29. The van der Waals surface area contributed by atoms with Crippen LogP contribution in [-0.2, 0) is 4.79 Å². The molecule has 1 N–H and O–H groups in total. The van der Waals surface area contributed by atoms with Crippen LogP contribution in [0, 0.1) is 22.9 Å². The third kappa shape index (κ3) is 4.49. The number of ether oxygens (including phenoxy) is 1. The van der Waals surface area contributed by atoms with Crippen molar-refractivity contribution in [3.05, 3.63) is 62.4 Å². The lowest BCUT2D eigenvalue weighted by molar-refractivity contribution is -0.384. The molecular weight excluding hydrogens is 371 g/mol. The molecule has 120 valence electrons. The van der Waals surface area contributed by atoms with E-state index >= 15 is 0 Å². The molecule has 0 bridgehead atoms. The molecule has 23 heavy (non-hydrogen) atoms. The summed E-state index contributed by atoms with van der Waals surface area (Å²) in [4.78, 5) is 22.0. The number of anilines is 1. The fourth-order valence-corrected chi connectivity index (χ4v) is 2.16. The highest BCUT2D eigenvalue weighted by Crippen LogP contribution is 2.22. The number of hydrogen-bond donors (Lipinski definition) is 1. The molecule has 0 spiro atoms. The Morgan fingerprint density at radius 2 is 2.09 bits per heavy atom. The predicted molar refractivity (Wildman–Crippen MR) is 86.1 cm³/mol. The van der Waals surface area contributed by atoms with Crippen LogP contribution in [0.2, 0.25) is 0 Å². The van der Waals surface area contributed by atoms with Crippen molar-refractivity contribution in [1.29, 1.82) is 0 Å². The summed E-state index contributed by atoms with van der Waals surface area (Å²) in [5, 5.41) is 13.2. The van der Waals surface area contributed by atoms with E-state index in [1.54, 1.807) is 13.0 Å². The molecule has 6 nitrogen and oxygen atoms in total. The van der Waals surface area contributed by atoms with Gasteiger partial charge in [-0.3, -0.25) is 14.9 Å². The second-order valence-electron chi connectivity index (χ2n) is 4.67. The Labute approximate surface area is 139 Å². The summed E-state index contributed by atoms with van der Waals surface area (Å²) in [6.07, 6.45) is 0. The summed E-state index contributed by atoms with van der Waals surface area (Å²) < 4.78 is 19.2. The normalized spacial score (nSPS) is 10.2. The van der Waals surface area contributed by atoms with Crippen LogP contribution in [0.25, 0.3) is 0 Å². The molecule has 0 atom stereocenters. The monoisotopic (exact) mass is 382 g/mol. The molecule has 0 aromatic heterocycles. The lowest BCUT2D eigenvalue weighted by Gasteiger charge is -2.10. The number of halogens is 2. The van der Waals surface area contributed by atoms with Crippen LogP contribution in [0.15, 0.2) is 40.9 Å². The number of benzene rings is 2. The number of carbonyl (C=O) groups is 1. The largest absolute Gasteiger partial charge is 0.481 e. The van der Waals surface area contributed by atoms with Crippen molar-refractivity contribution in [1.82, 2.24) is 0 Å². The van der Waals surface area contributed by atoms with Gasteiger partial charge in [0.25, 0.3) is 11.6 Å². The molecule has 0 aliphatic heterocycles. The third-order valence-corrected chi connectivity index (χ3v) is 3.44. The molecule has 0 fully saturated rings. The molecule has 0 unspecified atom stereocenters. The standard InChI is InChI=1S/C15H12BrFN2O4/c1-9-6-11(19(21)22)3-4-13(9)18-15(20)8-23-14-5-2-10(16)7-12(14)17/h2-7H,8H2,1H3,(H,18,20). The first-order chi connectivity index (χ1) is 10.9. The van der Waals surface area contributed by atoms with Crippen molar-refractivity contribution in [3.63, 3.8) is 0 Å². The van der Waals surface area contributed by atoms with E-state index in [1.165, 1.54) is 30.3 Å².